The summed E-state index contributed by atoms with van der Waals surface area (Å²) in [6.07, 6.45) is 2.53. The number of hydrogen-bond acceptors (Lipinski definition) is 1. The molecule has 1 atom stereocenters. The van der Waals surface area contributed by atoms with E-state index in [9.17, 15) is 0 Å². The van der Waals surface area contributed by atoms with Gasteiger partial charge in [-0.1, -0.05) is 38.0 Å². The molecule has 0 saturated heterocycles. The van der Waals surface area contributed by atoms with E-state index in [-0.39, 0.29) is 0 Å². The minimum Gasteiger partial charge on any atom is -0.385 e. The van der Waals surface area contributed by atoms with Crippen LogP contribution in [0.4, 0.5) is 5.69 Å². The summed E-state index contributed by atoms with van der Waals surface area (Å²) in [4.78, 5) is 0. The van der Waals surface area contributed by atoms with Gasteiger partial charge < -0.3 is 5.32 Å². The minimum absolute atomic E-state index is 0.822. The van der Waals surface area contributed by atoms with Crippen LogP contribution >= 0.6 is 0 Å². The maximum absolute atomic E-state index is 3.51. The Labute approximate surface area is 93.9 Å². The van der Waals surface area contributed by atoms with Crippen LogP contribution in [0.25, 0.3) is 0 Å². The third-order valence-electron chi connectivity index (χ3n) is 3.03. The maximum Gasteiger partial charge on any atom is 0.0370 e. The van der Waals surface area contributed by atoms with Crippen molar-refractivity contribution < 1.29 is 0 Å². The van der Waals surface area contributed by atoms with Crippen LogP contribution in [0, 0.1) is 19.8 Å². The highest BCUT2D eigenvalue weighted by atomic mass is 14.9. The topological polar surface area (TPSA) is 12.0 Å². The lowest BCUT2D eigenvalue weighted by molar-refractivity contribution is 0.532. The lowest BCUT2D eigenvalue weighted by Gasteiger charge is -2.12. The van der Waals surface area contributed by atoms with Crippen LogP contribution < -0.4 is 5.32 Å². The number of anilines is 1. The van der Waals surface area contributed by atoms with E-state index in [1.54, 1.807) is 0 Å². The molecular formula is C14H23N. The Morgan fingerprint density at radius 3 is 2.60 bits per heavy atom. The highest BCUT2D eigenvalue weighted by molar-refractivity contribution is 5.51. The van der Waals surface area contributed by atoms with Crippen LogP contribution in [0.5, 0.6) is 0 Å². The van der Waals surface area contributed by atoms with Crippen LogP contribution in [0.1, 0.15) is 37.8 Å². The van der Waals surface area contributed by atoms with Crippen molar-refractivity contribution in [3.8, 4) is 0 Å². The van der Waals surface area contributed by atoms with Gasteiger partial charge in [0.15, 0.2) is 0 Å². The molecule has 0 amide bonds. The van der Waals surface area contributed by atoms with E-state index >= 15 is 0 Å². The average Bonchev–Trinajstić information content (AvgIpc) is 2.21. The first-order valence-corrected chi connectivity index (χ1v) is 5.94. The molecule has 1 aromatic rings. The van der Waals surface area contributed by atoms with E-state index in [1.807, 2.05) is 0 Å². The van der Waals surface area contributed by atoms with Crippen molar-refractivity contribution in [3.63, 3.8) is 0 Å². The molecule has 1 rings (SSSR count). The van der Waals surface area contributed by atoms with E-state index < -0.39 is 0 Å². The Kier molecular flexibility index (Phi) is 4.67. The summed E-state index contributed by atoms with van der Waals surface area (Å²) in [5, 5.41) is 3.51. The smallest absolute Gasteiger partial charge is 0.0370 e. The Bertz CT molecular complexity index is 304. The largest absolute Gasteiger partial charge is 0.385 e. The zero-order chi connectivity index (χ0) is 11.3. The first-order valence-electron chi connectivity index (χ1n) is 5.94. The second kappa shape index (κ2) is 5.79. The lowest BCUT2D eigenvalue weighted by atomic mass is 10.1. The minimum atomic E-state index is 0.822. The van der Waals surface area contributed by atoms with Crippen molar-refractivity contribution in [2.24, 2.45) is 5.92 Å². The molecule has 0 bridgehead atoms. The molecule has 0 aliphatic heterocycles. The van der Waals surface area contributed by atoms with Gasteiger partial charge in [0.25, 0.3) is 0 Å². The fourth-order valence-electron chi connectivity index (χ4n) is 1.67. The van der Waals surface area contributed by atoms with Crippen LogP contribution in [0.15, 0.2) is 18.2 Å². The van der Waals surface area contributed by atoms with Gasteiger partial charge in [-0.2, -0.15) is 0 Å². The molecule has 0 heterocycles. The van der Waals surface area contributed by atoms with Crippen molar-refractivity contribution in [2.45, 2.75) is 40.5 Å². The molecule has 84 valence electrons. The summed E-state index contributed by atoms with van der Waals surface area (Å²) >= 11 is 0. The average molecular weight is 205 g/mol. The molecule has 15 heavy (non-hydrogen) atoms. The van der Waals surface area contributed by atoms with Gasteiger partial charge in [-0.05, 0) is 37.8 Å². The summed E-state index contributed by atoms with van der Waals surface area (Å²) in [5.41, 5.74) is 3.96. The van der Waals surface area contributed by atoms with E-state index in [1.165, 1.54) is 29.7 Å². The Morgan fingerprint density at radius 1 is 1.27 bits per heavy atom. The fourth-order valence-corrected chi connectivity index (χ4v) is 1.67. The highest BCUT2D eigenvalue weighted by Gasteiger charge is 2.00. The molecule has 1 heteroatoms. The zero-order valence-electron chi connectivity index (χ0n) is 10.4. The summed E-state index contributed by atoms with van der Waals surface area (Å²) in [6.45, 7) is 9.94. The molecule has 0 radical (unpaired) electrons. The molecule has 0 fully saturated rings. The maximum atomic E-state index is 3.51. The van der Waals surface area contributed by atoms with Gasteiger partial charge in [0.1, 0.15) is 0 Å². The molecule has 1 aromatic carbocycles. The molecule has 0 aliphatic carbocycles. The summed E-state index contributed by atoms with van der Waals surface area (Å²) in [7, 11) is 0. The number of nitrogens with one attached hydrogen (secondary N) is 1. The number of aryl methyl sites for hydroxylation is 2. The third kappa shape index (κ3) is 3.94. The summed E-state index contributed by atoms with van der Waals surface area (Å²) < 4.78 is 0. The first-order chi connectivity index (χ1) is 7.13. The number of hydrogen-bond donors (Lipinski definition) is 1. The second-order valence-corrected chi connectivity index (χ2v) is 4.55. The van der Waals surface area contributed by atoms with Crippen LogP contribution in [0.3, 0.4) is 0 Å². The van der Waals surface area contributed by atoms with Crippen molar-refractivity contribution in [2.75, 3.05) is 11.9 Å². The quantitative estimate of drug-likeness (QED) is 0.761. The monoisotopic (exact) mass is 205 g/mol. The van der Waals surface area contributed by atoms with Gasteiger partial charge in [0, 0.05) is 12.2 Å². The Hall–Kier alpha value is -0.980. The predicted molar refractivity (Wildman–Crippen MR) is 68.5 cm³/mol. The van der Waals surface area contributed by atoms with E-state index in [0.29, 0.717) is 0 Å². The van der Waals surface area contributed by atoms with E-state index in [4.69, 9.17) is 0 Å². The standard InChI is InChI=1S/C14H23N/c1-5-11(2)8-9-15-14-7-6-12(3)10-13(14)4/h6-7,10-11,15H,5,8-9H2,1-4H3. The summed E-state index contributed by atoms with van der Waals surface area (Å²) in [5.74, 6) is 0.822. The van der Waals surface area contributed by atoms with Crippen LogP contribution in [0.2, 0.25) is 0 Å². The van der Waals surface area contributed by atoms with Gasteiger partial charge in [0.2, 0.25) is 0 Å². The third-order valence-corrected chi connectivity index (χ3v) is 3.03. The van der Waals surface area contributed by atoms with Crippen LogP contribution in [-0.2, 0) is 0 Å². The molecule has 0 spiro atoms. The fraction of sp³-hybridized carbons (Fsp3) is 0.571. The lowest BCUT2D eigenvalue weighted by Crippen LogP contribution is -2.07. The summed E-state index contributed by atoms with van der Waals surface area (Å²) in [6, 6.07) is 6.57. The van der Waals surface area contributed by atoms with Gasteiger partial charge in [0.05, 0.1) is 0 Å². The molecule has 1 unspecified atom stereocenters. The second-order valence-electron chi connectivity index (χ2n) is 4.55. The zero-order valence-corrected chi connectivity index (χ0v) is 10.4. The molecule has 1 nitrogen and oxygen atoms in total. The molecule has 0 saturated carbocycles. The molecule has 0 aliphatic rings. The predicted octanol–water partition coefficient (Wildman–Crippen LogP) is 4.15. The number of benzene rings is 1. The van der Waals surface area contributed by atoms with Gasteiger partial charge >= 0.3 is 0 Å². The van der Waals surface area contributed by atoms with Crippen molar-refractivity contribution in [1.82, 2.24) is 0 Å². The number of rotatable bonds is 5. The van der Waals surface area contributed by atoms with Crippen molar-refractivity contribution in [1.29, 1.82) is 0 Å². The SMILES string of the molecule is CCC(C)CCNc1ccc(C)cc1C. The Morgan fingerprint density at radius 2 is 2.00 bits per heavy atom. The normalized spacial score (nSPS) is 12.5. The van der Waals surface area contributed by atoms with Crippen molar-refractivity contribution >= 4 is 5.69 Å². The van der Waals surface area contributed by atoms with Gasteiger partial charge in [-0.3, -0.25) is 0 Å². The van der Waals surface area contributed by atoms with Crippen LogP contribution in [-0.4, -0.2) is 6.54 Å². The van der Waals surface area contributed by atoms with Crippen molar-refractivity contribution in [3.05, 3.63) is 29.3 Å². The van der Waals surface area contributed by atoms with E-state index in [0.717, 1.165) is 12.5 Å². The molecule has 1 N–H and O–H groups in total. The van der Waals surface area contributed by atoms with Gasteiger partial charge in [-0.15, -0.1) is 0 Å². The first kappa shape index (κ1) is 12.1. The Balaban J connectivity index is 2.44. The highest BCUT2D eigenvalue weighted by Crippen LogP contribution is 2.16. The van der Waals surface area contributed by atoms with E-state index in [2.05, 4.69) is 51.2 Å². The molecule has 0 aromatic heterocycles. The molecular weight excluding hydrogens is 182 g/mol. The van der Waals surface area contributed by atoms with Gasteiger partial charge in [-0.25, -0.2) is 0 Å².